The topological polar surface area (TPSA) is 0 Å². The summed E-state index contributed by atoms with van der Waals surface area (Å²) >= 11 is 0. The van der Waals surface area contributed by atoms with Crippen LogP contribution in [0, 0.1) is 0 Å². The van der Waals surface area contributed by atoms with E-state index in [0.29, 0.717) is 5.92 Å². The Morgan fingerprint density at radius 1 is 0.532 bits per heavy atom. The quantitative estimate of drug-likeness (QED) is 0.122. The molecule has 2 aliphatic carbocycles. The molecule has 0 N–H and O–H groups in total. The van der Waals surface area contributed by atoms with E-state index < -0.39 is 5.41 Å². The minimum atomic E-state index is -0.479. The minimum absolute atomic E-state index is 0.319. The smallest absolute Gasteiger partial charge is 0.0725 e. The molecule has 0 saturated heterocycles. The van der Waals surface area contributed by atoms with E-state index in [-0.39, 0.29) is 0 Å². The Hall–Kier alpha value is -6.76. The summed E-state index contributed by atoms with van der Waals surface area (Å²) in [6.45, 7) is 22.2. The van der Waals surface area contributed by atoms with Crippen molar-refractivity contribution in [1.29, 1.82) is 0 Å². The fourth-order valence-corrected chi connectivity index (χ4v) is 10.2. The third-order valence-electron chi connectivity index (χ3n) is 13.3. The van der Waals surface area contributed by atoms with Crippen molar-refractivity contribution in [3.63, 3.8) is 0 Å². The van der Waals surface area contributed by atoms with Gasteiger partial charge in [0.15, 0.2) is 0 Å². The summed E-state index contributed by atoms with van der Waals surface area (Å²) in [5, 5.41) is 0. The zero-order chi connectivity index (χ0) is 43.4. The van der Waals surface area contributed by atoms with Crippen molar-refractivity contribution in [2.45, 2.75) is 65.7 Å². The molecule has 0 aliphatic heterocycles. The molecule has 0 radical (unpaired) electrons. The second-order valence-corrected chi connectivity index (χ2v) is 16.7. The number of allylic oxidation sites excluding steroid dienone is 8. The van der Waals surface area contributed by atoms with Crippen LogP contribution in [0.15, 0.2) is 218 Å². The Bertz CT molecular complexity index is 2880. The molecule has 7 aromatic carbocycles. The van der Waals surface area contributed by atoms with E-state index in [4.69, 9.17) is 0 Å². The highest BCUT2D eigenvalue weighted by atomic mass is 14.5. The number of hydrogen-bond acceptors (Lipinski definition) is 0. The molecule has 306 valence electrons. The predicted molar refractivity (Wildman–Crippen MR) is 269 cm³/mol. The molecule has 0 fully saturated rings. The molecular weight excluding hydrogens is 745 g/mol. The first-order valence-electron chi connectivity index (χ1n) is 22.3. The van der Waals surface area contributed by atoms with Crippen molar-refractivity contribution in [2.24, 2.45) is 0 Å². The third-order valence-corrected chi connectivity index (χ3v) is 13.3. The van der Waals surface area contributed by atoms with Gasteiger partial charge in [-0.1, -0.05) is 227 Å². The molecule has 1 spiro atoms. The molecule has 0 heterocycles. The highest BCUT2D eigenvalue weighted by molar-refractivity contribution is 6.00. The van der Waals surface area contributed by atoms with Gasteiger partial charge in [0.25, 0.3) is 0 Å². The van der Waals surface area contributed by atoms with Gasteiger partial charge in [-0.2, -0.15) is 0 Å². The summed E-state index contributed by atoms with van der Waals surface area (Å²) in [6.07, 6.45) is 5.90. The SMILES string of the molecule is C=CC1=C(C=C)C2(c3ccccc31)c1ccccc1-c1c(/C(C/C(C)=C(/C)c3cccc(-c4ccccc4)c3)=C(\C)CC(C)c3cccc(-c4ccccc4)c3)cccc12.CC. The van der Waals surface area contributed by atoms with Gasteiger partial charge in [0.1, 0.15) is 0 Å². The van der Waals surface area contributed by atoms with Crippen LogP contribution in [0.3, 0.4) is 0 Å². The van der Waals surface area contributed by atoms with E-state index in [1.54, 1.807) is 0 Å². The van der Waals surface area contributed by atoms with Crippen LogP contribution in [-0.2, 0) is 5.41 Å². The van der Waals surface area contributed by atoms with Gasteiger partial charge < -0.3 is 0 Å². The van der Waals surface area contributed by atoms with Crippen molar-refractivity contribution >= 4 is 16.7 Å². The van der Waals surface area contributed by atoms with Crippen LogP contribution in [0.5, 0.6) is 0 Å². The maximum atomic E-state index is 4.45. The average Bonchev–Trinajstić information content (AvgIpc) is 3.81. The summed E-state index contributed by atoms with van der Waals surface area (Å²) in [7, 11) is 0. The molecule has 0 bridgehead atoms. The molecular formula is C62H58. The van der Waals surface area contributed by atoms with Gasteiger partial charge in [0.05, 0.1) is 5.41 Å². The third kappa shape index (κ3) is 7.28. The lowest BCUT2D eigenvalue weighted by Crippen LogP contribution is -2.26. The largest absolute Gasteiger partial charge is 0.0987 e. The Labute approximate surface area is 371 Å². The molecule has 62 heavy (non-hydrogen) atoms. The highest BCUT2D eigenvalue weighted by Gasteiger charge is 2.52. The summed E-state index contributed by atoms with van der Waals surface area (Å²) < 4.78 is 0. The standard InChI is InChI=1S/C60H52.C2H6/c1-7-50-51-30-15-17-33-56(51)60(55(50)8-2)57-34-18-16-31-53(57)59-52(32-21-35-58(59)60)54(37-40(3)43(6)47-27-20-29-49(39-47)45-24-13-10-14-25-45)42(5)36-41(4)46-26-19-28-48(38-46)44-22-11-9-12-23-44;1-2/h7-35,38-39,41H,1-2,36-37H2,3-6H3;1-2H3/b43-40-,54-42+;. The molecule has 0 amide bonds. The molecule has 2 atom stereocenters. The van der Waals surface area contributed by atoms with Gasteiger partial charge in [-0.3, -0.25) is 0 Å². The minimum Gasteiger partial charge on any atom is -0.0987 e. The van der Waals surface area contributed by atoms with Crippen molar-refractivity contribution < 1.29 is 0 Å². The highest BCUT2D eigenvalue weighted by Crippen LogP contribution is 2.63. The van der Waals surface area contributed by atoms with Gasteiger partial charge in [0, 0.05) is 0 Å². The lowest BCUT2D eigenvalue weighted by molar-refractivity contribution is 0.751. The van der Waals surface area contributed by atoms with Crippen LogP contribution < -0.4 is 0 Å². The normalized spacial score (nSPS) is 16.0. The first kappa shape index (κ1) is 42.0. The van der Waals surface area contributed by atoms with Gasteiger partial charge in [-0.15, -0.1) is 0 Å². The lowest BCUT2D eigenvalue weighted by atomic mass is 9.69. The van der Waals surface area contributed by atoms with Crippen LogP contribution in [0.2, 0.25) is 0 Å². The van der Waals surface area contributed by atoms with Crippen LogP contribution in [0.1, 0.15) is 99.2 Å². The summed E-state index contributed by atoms with van der Waals surface area (Å²) in [4.78, 5) is 0. The molecule has 0 heteroatoms. The van der Waals surface area contributed by atoms with Crippen molar-refractivity contribution in [1.82, 2.24) is 0 Å². The first-order valence-corrected chi connectivity index (χ1v) is 22.3. The zero-order valence-electron chi connectivity index (χ0n) is 37.3. The van der Waals surface area contributed by atoms with Crippen molar-refractivity contribution in [3.8, 4) is 33.4 Å². The zero-order valence-corrected chi connectivity index (χ0v) is 37.3. The fourth-order valence-electron chi connectivity index (χ4n) is 10.2. The predicted octanol–water partition coefficient (Wildman–Crippen LogP) is 17.4. The molecule has 0 aromatic heterocycles. The second-order valence-electron chi connectivity index (χ2n) is 16.7. The van der Waals surface area contributed by atoms with E-state index in [1.165, 1.54) is 106 Å². The fraction of sp³-hybridized carbons (Fsp3) is 0.161. The number of benzene rings is 7. The van der Waals surface area contributed by atoms with Gasteiger partial charge >= 0.3 is 0 Å². The van der Waals surface area contributed by atoms with E-state index in [0.717, 1.165) is 12.8 Å². The van der Waals surface area contributed by atoms with Gasteiger partial charge in [-0.25, -0.2) is 0 Å². The van der Waals surface area contributed by atoms with E-state index in [1.807, 2.05) is 19.9 Å². The first-order chi connectivity index (χ1) is 30.3. The molecule has 7 aromatic rings. The Balaban J connectivity index is 0.00000261. The number of hydrogen-bond donors (Lipinski definition) is 0. The van der Waals surface area contributed by atoms with Crippen LogP contribution in [0.25, 0.3) is 50.1 Å². The molecule has 0 saturated carbocycles. The maximum Gasteiger partial charge on any atom is 0.0725 e. The molecule has 9 rings (SSSR count). The maximum absolute atomic E-state index is 4.45. The van der Waals surface area contributed by atoms with Crippen LogP contribution in [0.4, 0.5) is 0 Å². The van der Waals surface area contributed by atoms with Crippen LogP contribution in [-0.4, -0.2) is 0 Å². The second kappa shape index (κ2) is 18.1. The summed E-state index contributed by atoms with van der Waals surface area (Å²) in [6, 6.07) is 64.7. The van der Waals surface area contributed by atoms with Crippen molar-refractivity contribution in [2.75, 3.05) is 0 Å². The van der Waals surface area contributed by atoms with Gasteiger partial charge in [-0.05, 0) is 140 Å². The number of rotatable bonds is 11. The monoisotopic (exact) mass is 802 g/mol. The summed E-state index contributed by atoms with van der Waals surface area (Å²) in [5.74, 6) is 0.319. The Kier molecular flexibility index (Phi) is 12.2. The summed E-state index contributed by atoms with van der Waals surface area (Å²) in [5.41, 5.74) is 24.2. The lowest BCUT2D eigenvalue weighted by Gasteiger charge is -2.31. The van der Waals surface area contributed by atoms with Gasteiger partial charge in [0.2, 0.25) is 0 Å². The molecule has 2 aliphatic rings. The van der Waals surface area contributed by atoms with Crippen LogP contribution >= 0.6 is 0 Å². The Morgan fingerprint density at radius 2 is 1.06 bits per heavy atom. The van der Waals surface area contributed by atoms with E-state index in [9.17, 15) is 0 Å². The Morgan fingerprint density at radius 3 is 1.71 bits per heavy atom. The average molecular weight is 803 g/mol. The van der Waals surface area contributed by atoms with E-state index >= 15 is 0 Å². The molecule has 0 nitrogen and oxygen atoms in total. The van der Waals surface area contributed by atoms with Crippen molar-refractivity contribution in [3.05, 3.63) is 257 Å². The number of fused-ring (bicyclic) bond motifs is 7. The van der Waals surface area contributed by atoms with E-state index in [2.05, 4.69) is 223 Å². The molecule has 2 unspecified atom stereocenters.